The third-order valence-electron chi connectivity index (χ3n) is 4.42. The molecule has 3 aliphatic rings. The minimum Gasteiger partial charge on any atom is -0.274 e. The highest BCUT2D eigenvalue weighted by Crippen LogP contribution is 2.85. The fourth-order valence-corrected chi connectivity index (χ4v) is 7.37. The van der Waals surface area contributed by atoms with Gasteiger partial charge in [-0.1, -0.05) is 30.3 Å². The largest absolute Gasteiger partial charge is 0.274 e. The molecule has 2 saturated heterocycles. The van der Waals surface area contributed by atoms with Gasteiger partial charge in [-0.15, -0.1) is 0 Å². The van der Waals surface area contributed by atoms with Crippen LogP contribution in [-0.2, 0) is 0 Å². The lowest BCUT2D eigenvalue weighted by molar-refractivity contribution is 0.272. The summed E-state index contributed by atoms with van der Waals surface area (Å²) in [6.07, 6.45) is 1.56. The molecule has 2 aliphatic heterocycles. The van der Waals surface area contributed by atoms with Gasteiger partial charge in [-0.2, -0.15) is 0 Å². The first kappa shape index (κ1) is 8.73. The second-order valence-electron chi connectivity index (χ2n) is 5.14. The van der Waals surface area contributed by atoms with Crippen LogP contribution in [0.15, 0.2) is 30.3 Å². The Bertz CT molecular complexity index is 391. The van der Waals surface area contributed by atoms with E-state index in [0.29, 0.717) is 14.1 Å². The van der Waals surface area contributed by atoms with Crippen LogP contribution >= 0.6 is 8.07 Å². The van der Waals surface area contributed by atoms with Crippen molar-refractivity contribution >= 4 is 8.07 Å². The van der Waals surface area contributed by atoms with Crippen LogP contribution in [0, 0.1) is 5.92 Å². The first-order valence-corrected chi connectivity index (χ1v) is 7.39. The maximum absolute atomic E-state index is 2.81. The Labute approximate surface area is 92.3 Å². The summed E-state index contributed by atoms with van der Waals surface area (Å²) in [5.74, 6) is 1.09. The molecule has 1 aliphatic carbocycles. The summed E-state index contributed by atoms with van der Waals surface area (Å²) in [7, 11) is 0.321. The Morgan fingerprint density at radius 3 is 2.73 bits per heavy atom. The molecule has 0 amide bonds. The van der Waals surface area contributed by atoms with Gasteiger partial charge in [-0.3, -0.25) is 4.67 Å². The Hall–Kier alpha value is -0.390. The van der Waals surface area contributed by atoms with Gasteiger partial charge in [0.15, 0.2) is 0 Å². The van der Waals surface area contributed by atoms with Crippen molar-refractivity contribution in [1.82, 2.24) is 4.67 Å². The second kappa shape index (κ2) is 2.84. The molecule has 5 atom stereocenters. The molecular weight excluding hydrogens is 201 g/mol. The Kier molecular flexibility index (Phi) is 1.65. The lowest BCUT2D eigenvalue weighted by atomic mass is 9.85. The van der Waals surface area contributed by atoms with Crippen LogP contribution in [0.3, 0.4) is 0 Å². The van der Waals surface area contributed by atoms with Crippen LogP contribution in [0.4, 0.5) is 0 Å². The quantitative estimate of drug-likeness (QED) is 0.687. The van der Waals surface area contributed by atoms with Crippen molar-refractivity contribution in [3.63, 3.8) is 0 Å². The molecule has 3 fully saturated rings. The molecular formula is C13H16NP. The van der Waals surface area contributed by atoms with Crippen molar-refractivity contribution in [1.29, 1.82) is 0 Å². The monoisotopic (exact) mass is 217 g/mol. The summed E-state index contributed by atoms with van der Waals surface area (Å²) in [5.41, 5.74) is 3.84. The van der Waals surface area contributed by atoms with Gasteiger partial charge in [0.1, 0.15) is 0 Å². The van der Waals surface area contributed by atoms with E-state index in [4.69, 9.17) is 0 Å². The van der Waals surface area contributed by atoms with Gasteiger partial charge in [0.05, 0.1) is 0 Å². The molecule has 1 aromatic carbocycles. The minimum atomic E-state index is 0.321. The standard InChI is InChI=1S/C13H16NP/c1-9(10-5-3-2-4-6-10)14-8-11-7-12-13(11)15(12)14/h2-6,9,11-13H,7-8H2,1H3. The predicted molar refractivity (Wildman–Crippen MR) is 64.2 cm³/mol. The van der Waals surface area contributed by atoms with E-state index < -0.39 is 0 Å². The highest BCUT2D eigenvalue weighted by Gasteiger charge is 2.70. The summed E-state index contributed by atoms with van der Waals surface area (Å²) in [4.78, 5) is 0. The van der Waals surface area contributed by atoms with Crippen LogP contribution in [0.1, 0.15) is 24.9 Å². The van der Waals surface area contributed by atoms with Gasteiger partial charge in [-0.05, 0) is 32.9 Å². The molecule has 2 heteroatoms. The topological polar surface area (TPSA) is 3.24 Å². The number of nitrogens with zero attached hydrogens (tertiary/aromatic N) is 1. The first-order chi connectivity index (χ1) is 7.36. The molecule has 0 aromatic heterocycles. The zero-order chi connectivity index (χ0) is 9.99. The molecule has 0 bridgehead atoms. The van der Waals surface area contributed by atoms with Gasteiger partial charge < -0.3 is 0 Å². The van der Waals surface area contributed by atoms with Gasteiger partial charge in [0.2, 0.25) is 0 Å². The summed E-state index contributed by atoms with van der Waals surface area (Å²) < 4.78 is 2.81. The Balaban J connectivity index is 1.59. The Morgan fingerprint density at radius 2 is 2.13 bits per heavy atom. The van der Waals surface area contributed by atoms with Gasteiger partial charge in [0.25, 0.3) is 0 Å². The lowest BCUT2D eigenvalue weighted by Gasteiger charge is -2.33. The summed E-state index contributed by atoms with van der Waals surface area (Å²) >= 11 is 0. The van der Waals surface area contributed by atoms with Crippen molar-refractivity contribution in [3.05, 3.63) is 35.9 Å². The highest BCUT2D eigenvalue weighted by atomic mass is 31.1. The van der Waals surface area contributed by atoms with E-state index in [2.05, 4.69) is 41.9 Å². The zero-order valence-corrected chi connectivity index (χ0v) is 9.90. The van der Waals surface area contributed by atoms with Crippen molar-refractivity contribution in [2.24, 2.45) is 5.92 Å². The fraction of sp³-hybridized carbons (Fsp3) is 0.538. The van der Waals surface area contributed by atoms with Crippen molar-refractivity contribution in [2.45, 2.75) is 30.7 Å². The van der Waals surface area contributed by atoms with E-state index in [-0.39, 0.29) is 0 Å². The number of benzene rings is 1. The Morgan fingerprint density at radius 1 is 1.33 bits per heavy atom. The predicted octanol–water partition coefficient (Wildman–Crippen LogP) is 3.23. The fourth-order valence-electron chi connectivity index (χ4n) is 3.46. The number of fused-ring (bicyclic) bond motifs is 1. The molecule has 1 nitrogen and oxygen atoms in total. The van der Waals surface area contributed by atoms with Gasteiger partial charge >= 0.3 is 0 Å². The summed E-state index contributed by atoms with van der Waals surface area (Å²) in [6.45, 7) is 3.78. The van der Waals surface area contributed by atoms with E-state index in [1.165, 1.54) is 17.8 Å². The van der Waals surface area contributed by atoms with Gasteiger partial charge in [-0.25, -0.2) is 0 Å². The summed E-state index contributed by atoms with van der Waals surface area (Å²) in [5, 5.41) is 0. The maximum atomic E-state index is 2.81. The van der Waals surface area contributed by atoms with Crippen molar-refractivity contribution in [3.8, 4) is 0 Å². The van der Waals surface area contributed by atoms with E-state index in [1.54, 1.807) is 6.42 Å². The maximum Gasteiger partial charge on any atom is 0.0356 e. The first-order valence-electron chi connectivity index (χ1n) is 5.96. The molecule has 1 saturated carbocycles. The molecule has 5 unspecified atom stereocenters. The smallest absolute Gasteiger partial charge is 0.0356 e. The average molecular weight is 217 g/mol. The number of rotatable bonds is 2. The number of hydrogen-bond acceptors (Lipinski definition) is 1. The van der Waals surface area contributed by atoms with Crippen LogP contribution < -0.4 is 0 Å². The van der Waals surface area contributed by atoms with Crippen molar-refractivity contribution in [2.75, 3.05) is 6.54 Å². The van der Waals surface area contributed by atoms with E-state index in [1.807, 2.05) is 0 Å². The molecule has 0 spiro atoms. The number of hydrogen-bond donors (Lipinski definition) is 0. The minimum absolute atomic E-state index is 0.321. The molecule has 0 N–H and O–H groups in total. The van der Waals surface area contributed by atoms with Gasteiger partial charge in [0, 0.05) is 23.9 Å². The average Bonchev–Trinajstić information content (AvgIpc) is 2.75. The molecule has 0 radical (unpaired) electrons. The van der Waals surface area contributed by atoms with E-state index in [9.17, 15) is 0 Å². The van der Waals surface area contributed by atoms with E-state index in [0.717, 1.165) is 11.6 Å². The van der Waals surface area contributed by atoms with Crippen LogP contribution in [0.25, 0.3) is 0 Å². The molecule has 4 rings (SSSR count). The lowest BCUT2D eigenvalue weighted by Crippen LogP contribution is -2.33. The molecule has 1 aromatic rings. The molecule has 15 heavy (non-hydrogen) atoms. The molecule has 78 valence electrons. The van der Waals surface area contributed by atoms with E-state index >= 15 is 0 Å². The summed E-state index contributed by atoms with van der Waals surface area (Å²) in [6, 6.07) is 11.7. The van der Waals surface area contributed by atoms with Crippen LogP contribution in [-0.4, -0.2) is 22.5 Å². The van der Waals surface area contributed by atoms with Crippen LogP contribution in [0.2, 0.25) is 0 Å². The third-order valence-corrected chi connectivity index (χ3v) is 7.79. The van der Waals surface area contributed by atoms with Crippen molar-refractivity contribution < 1.29 is 0 Å². The zero-order valence-electron chi connectivity index (χ0n) is 9.00. The third kappa shape index (κ3) is 1.06. The normalized spacial score (nSPS) is 43.3. The molecule has 2 heterocycles. The second-order valence-corrected chi connectivity index (χ2v) is 7.68. The highest BCUT2D eigenvalue weighted by molar-refractivity contribution is 7.66. The SMILES string of the molecule is CC(c1ccccc1)N1CC2CC3C2P31. The van der Waals surface area contributed by atoms with Crippen LogP contribution in [0.5, 0.6) is 0 Å².